The third-order valence-corrected chi connectivity index (χ3v) is 4.51. The first-order chi connectivity index (χ1) is 13.2. The van der Waals surface area contributed by atoms with Gasteiger partial charge in [0, 0.05) is 28.9 Å². The van der Waals surface area contributed by atoms with Crippen LogP contribution in [-0.2, 0) is 11.4 Å². The number of methoxy groups -OCH3 is 1. The van der Waals surface area contributed by atoms with Crippen LogP contribution in [0.25, 0.3) is 0 Å². The van der Waals surface area contributed by atoms with E-state index in [1.165, 1.54) is 18.1 Å². The summed E-state index contributed by atoms with van der Waals surface area (Å²) in [5.74, 6) is 1.61. The third kappa shape index (κ3) is 5.68. The van der Waals surface area contributed by atoms with E-state index in [-0.39, 0.29) is 11.7 Å². The van der Waals surface area contributed by atoms with Gasteiger partial charge in [-0.05, 0) is 18.2 Å². The zero-order chi connectivity index (χ0) is 18.9. The van der Waals surface area contributed by atoms with Crippen molar-refractivity contribution < 1.29 is 14.3 Å². The maximum atomic E-state index is 12.1. The highest BCUT2D eigenvalue weighted by Gasteiger charge is 2.08. The summed E-state index contributed by atoms with van der Waals surface area (Å²) >= 11 is 1.42. The molecule has 0 unspecified atom stereocenters. The summed E-state index contributed by atoms with van der Waals surface area (Å²) in [5.41, 5.74) is 0.901. The SMILES string of the molecule is COc1ccccc1COc1cc(NC(=O)CSc2ccncc2)ncn1. The van der Waals surface area contributed by atoms with Gasteiger partial charge in [-0.1, -0.05) is 18.2 Å². The van der Waals surface area contributed by atoms with Crippen molar-refractivity contribution >= 4 is 23.5 Å². The summed E-state index contributed by atoms with van der Waals surface area (Å²) in [4.78, 5) is 25.1. The Morgan fingerprint density at radius 2 is 1.96 bits per heavy atom. The second kappa shape index (κ2) is 9.54. The maximum Gasteiger partial charge on any atom is 0.235 e. The van der Waals surface area contributed by atoms with Crippen LogP contribution in [0.2, 0.25) is 0 Å². The minimum absolute atomic E-state index is 0.161. The van der Waals surface area contributed by atoms with Gasteiger partial charge < -0.3 is 14.8 Å². The predicted octanol–water partition coefficient (Wildman–Crippen LogP) is 3.19. The Balaban J connectivity index is 1.54. The van der Waals surface area contributed by atoms with Gasteiger partial charge in [-0.3, -0.25) is 9.78 Å². The fraction of sp³-hybridized carbons (Fsp3) is 0.158. The molecule has 2 aromatic heterocycles. The van der Waals surface area contributed by atoms with Crippen LogP contribution in [0.15, 0.2) is 66.1 Å². The van der Waals surface area contributed by atoms with Crippen molar-refractivity contribution in [2.45, 2.75) is 11.5 Å². The van der Waals surface area contributed by atoms with E-state index in [2.05, 4.69) is 20.3 Å². The molecule has 0 fully saturated rings. The minimum Gasteiger partial charge on any atom is -0.496 e. The van der Waals surface area contributed by atoms with Gasteiger partial charge in [0.2, 0.25) is 11.8 Å². The van der Waals surface area contributed by atoms with Crippen molar-refractivity contribution in [2.24, 2.45) is 0 Å². The smallest absolute Gasteiger partial charge is 0.235 e. The van der Waals surface area contributed by atoms with Crippen LogP contribution in [0, 0.1) is 0 Å². The van der Waals surface area contributed by atoms with Crippen molar-refractivity contribution in [3.05, 3.63) is 66.7 Å². The van der Waals surface area contributed by atoms with E-state index >= 15 is 0 Å². The van der Waals surface area contributed by atoms with Gasteiger partial charge >= 0.3 is 0 Å². The van der Waals surface area contributed by atoms with Crippen LogP contribution in [0.1, 0.15) is 5.56 Å². The number of carbonyl (C=O) groups is 1. The predicted molar refractivity (Wildman–Crippen MR) is 103 cm³/mol. The Labute approximate surface area is 161 Å². The number of aromatic nitrogens is 3. The molecule has 7 nitrogen and oxygen atoms in total. The van der Waals surface area contributed by atoms with Gasteiger partial charge in [-0.25, -0.2) is 9.97 Å². The Morgan fingerprint density at radius 3 is 2.78 bits per heavy atom. The van der Waals surface area contributed by atoms with E-state index in [9.17, 15) is 4.79 Å². The van der Waals surface area contributed by atoms with Crippen molar-refractivity contribution in [3.63, 3.8) is 0 Å². The van der Waals surface area contributed by atoms with E-state index in [4.69, 9.17) is 9.47 Å². The summed E-state index contributed by atoms with van der Waals surface area (Å²) in [5, 5.41) is 2.74. The summed E-state index contributed by atoms with van der Waals surface area (Å²) in [7, 11) is 1.61. The van der Waals surface area contributed by atoms with Crippen LogP contribution in [0.4, 0.5) is 5.82 Å². The number of ether oxygens (including phenoxy) is 2. The van der Waals surface area contributed by atoms with Gasteiger partial charge in [0.15, 0.2) is 0 Å². The molecule has 8 heteroatoms. The fourth-order valence-corrected chi connectivity index (χ4v) is 2.91. The highest BCUT2D eigenvalue weighted by molar-refractivity contribution is 8.00. The molecule has 0 bridgehead atoms. The quantitative estimate of drug-likeness (QED) is 0.599. The molecule has 138 valence electrons. The number of thioether (sulfide) groups is 1. The van der Waals surface area contributed by atoms with E-state index in [0.717, 1.165) is 16.2 Å². The lowest BCUT2D eigenvalue weighted by Gasteiger charge is -2.10. The van der Waals surface area contributed by atoms with Crippen molar-refractivity contribution in [1.82, 2.24) is 15.0 Å². The number of rotatable bonds is 8. The number of hydrogen-bond acceptors (Lipinski definition) is 7. The molecule has 3 aromatic rings. The third-order valence-electron chi connectivity index (χ3n) is 3.50. The lowest BCUT2D eigenvalue weighted by molar-refractivity contribution is -0.113. The Kier molecular flexibility index (Phi) is 6.59. The molecule has 1 N–H and O–H groups in total. The second-order valence-electron chi connectivity index (χ2n) is 5.36. The number of nitrogens with one attached hydrogen (secondary N) is 1. The van der Waals surface area contributed by atoms with Crippen LogP contribution < -0.4 is 14.8 Å². The lowest BCUT2D eigenvalue weighted by atomic mass is 10.2. The fourth-order valence-electron chi connectivity index (χ4n) is 2.22. The largest absolute Gasteiger partial charge is 0.496 e. The minimum atomic E-state index is -0.161. The number of para-hydroxylation sites is 1. The number of amides is 1. The Hall–Kier alpha value is -3.13. The first-order valence-corrected chi connectivity index (χ1v) is 9.12. The Morgan fingerprint density at radius 1 is 1.15 bits per heavy atom. The summed E-state index contributed by atoms with van der Waals surface area (Å²) in [6, 6.07) is 12.9. The Bertz CT molecular complexity index is 893. The molecular weight excluding hydrogens is 364 g/mol. The first-order valence-electron chi connectivity index (χ1n) is 8.14. The average molecular weight is 382 g/mol. The number of carbonyl (C=O) groups excluding carboxylic acids is 1. The molecule has 0 spiro atoms. The van der Waals surface area contributed by atoms with Gasteiger partial charge in [-0.2, -0.15) is 0 Å². The molecule has 0 atom stereocenters. The topological polar surface area (TPSA) is 86.2 Å². The normalized spacial score (nSPS) is 10.3. The summed E-state index contributed by atoms with van der Waals surface area (Å²) < 4.78 is 11.0. The van der Waals surface area contributed by atoms with E-state index in [1.807, 2.05) is 36.4 Å². The zero-order valence-corrected chi connectivity index (χ0v) is 15.5. The number of anilines is 1. The van der Waals surface area contributed by atoms with E-state index < -0.39 is 0 Å². The van der Waals surface area contributed by atoms with Crippen molar-refractivity contribution in [1.29, 1.82) is 0 Å². The van der Waals surface area contributed by atoms with E-state index in [0.29, 0.717) is 18.3 Å². The molecule has 1 amide bonds. The van der Waals surface area contributed by atoms with Gasteiger partial charge in [0.05, 0.1) is 12.9 Å². The number of benzene rings is 1. The molecule has 0 aliphatic carbocycles. The first kappa shape index (κ1) is 18.7. The summed E-state index contributed by atoms with van der Waals surface area (Å²) in [6.45, 7) is 0.298. The zero-order valence-electron chi connectivity index (χ0n) is 14.7. The number of nitrogens with zero attached hydrogens (tertiary/aromatic N) is 3. The van der Waals surface area contributed by atoms with Gasteiger partial charge in [0.1, 0.15) is 24.5 Å². The number of pyridine rings is 1. The molecule has 0 saturated carbocycles. The standard InChI is InChI=1S/C19H18N4O3S/c1-25-16-5-3-2-4-14(16)11-26-19-10-17(21-13-22-19)23-18(24)12-27-15-6-8-20-9-7-15/h2-10,13H,11-12H2,1H3,(H,21,22,23,24). The number of hydrogen-bond donors (Lipinski definition) is 1. The molecular formula is C19H18N4O3S. The molecule has 1 aromatic carbocycles. The molecule has 27 heavy (non-hydrogen) atoms. The molecule has 0 saturated heterocycles. The molecule has 3 rings (SSSR count). The lowest BCUT2D eigenvalue weighted by Crippen LogP contribution is -2.15. The average Bonchev–Trinajstić information content (AvgIpc) is 2.72. The summed E-state index contributed by atoms with van der Waals surface area (Å²) in [6.07, 6.45) is 4.73. The maximum absolute atomic E-state index is 12.1. The molecule has 0 aliphatic rings. The second-order valence-corrected chi connectivity index (χ2v) is 6.41. The van der Waals surface area contributed by atoms with Crippen LogP contribution in [0.3, 0.4) is 0 Å². The highest BCUT2D eigenvalue weighted by Crippen LogP contribution is 2.20. The van der Waals surface area contributed by atoms with Crippen molar-refractivity contribution in [3.8, 4) is 11.6 Å². The van der Waals surface area contributed by atoms with Gasteiger partial charge in [0.25, 0.3) is 0 Å². The monoisotopic (exact) mass is 382 g/mol. The molecule has 0 radical (unpaired) electrons. The van der Waals surface area contributed by atoms with Crippen LogP contribution in [-0.4, -0.2) is 33.7 Å². The van der Waals surface area contributed by atoms with Gasteiger partial charge in [-0.15, -0.1) is 11.8 Å². The van der Waals surface area contributed by atoms with Crippen LogP contribution in [0.5, 0.6) is 11.6 Å². The van der Waals surface area contributed by atoms with E-state index in [1.54, 1.807) is 25.6 Å². The van der Waals surface area contributed by atoms with Crippen molar-refractivity contribution in [2.75, 3.05) is 18.2 Å². The molecule has 2 heterocycles. The highest BCUT2D eigenvalue weighted by atomic mass is 32.2. The molecule has 0 aliphatic heterocycles. The van der Waals surface area contributed by atoms with Crippen LogP contribution >= 0.6 is 11.8 Å².